The second-order valence-electron chi connectivity index (χ2n) is 6.62. The van der Waals surface area contributed by atoms with Gasteiger partial charge >= 0.3 is 0 Å². The molecule has 3 N–H and O–H groups in total. The van der Waals surface area contributed by atoms with Crippen LogP contribution in [0.5, 0.6) is 0 Å². The quantitative estimate of drug-likeness (QED) is 0.629. The first kappa shape index (κ1) is 17.6. The summed E-state index contributed by atoms with van der Waals surface area (Å²) >= 11 is 6.13. The van der Waals surface area contributed by atoms with Gasteiger partial charge in [0, 0.05) is 25.3 Å². The van der Waals surface area contributed by atoms with E-state index in [-0.39, 0.29) is 18.5 Å². The number of benzene rings is 1. The maximum Gasteiger partial charge on any atom is 0.241 e. The molecule has 1 aliphatic heterocycles. The highest BCUT2D eigenvalue weighted by Crippen LogP contribution is 2.22. The Morgan fingerprint density at radius 3 is 3.07 bits per heavy atom. The maximum absolute atomic E-state index is 12.6. The molecule has 0 bridgehead atoms. The van der Waals surface area contributed by atoms with Crippen LogP contribution in [0.3, 0.4) is 0 Å². The van der Waals surface area contributed by atoms with Crippen molar-refractivity contribution in [3.05, 3.63) is 47.9 Å². The van der Waals surface area contributed by atoms with Crippen LogP contribution in [-0.2, 0) is 4.79 Å². The molecule has 0 spiro atoms. The number of halogens is 1. The maximum atomic E-state index is 12.6. The number of aromatic nitrogens is 3. The summed E-state index contributed by atoms with van der Waals surface area (Å²) in [6, 6.07) is 9.55. The van der Waals surface area contributed by atoms with Gasteiger partial charge in [-0.3, -0.25) is 4.79 Å². The molecule has 0 unspecified atom stereocenters. The molecule has 0 aliphatic carbocycles. The van der Waals surface area contributed by atoms with Gasteiger partial charge in [-0.2, -0.15) is 0 Å². The van der Waals surface area contributed by atoms with Crippen molar-refractivity contribution < 1.29 is 4.79 Å². The lowest BCUT2D eigenvalue weighted by Crippen LogP contribution is -2.47. The molecule has 0 radical (unpaired) electrons. The number of rotatable bonds is 5. The van der Waals surface area contributed by atoms with Crippen molar-refractivity contribution in [2.75, 3.05) is 30.3 Å². The second kappa shape index (κ2) is 7.84. The number of nitrogens with one attached hydrogen (secondary N) is 3. The minimum Gasteiger partial charge on any atom is -0.375 e. The number of fused-ring (bicyclic) bond motifs is 1. The number of hydrogen-bond donors (Lipinski definition) is 3. The molecule has 1 atom stereocenters. The number of piperidine rings is 1. The zero-order chi connectivity index (χ0) is 18.6. The third kappa shape index (κ3) is 3.98. The molecule has 8 heteroatoms. The van der Waals surface area contributed by atoms with Crippen LogP contribution < -0.4 is 10.6 Å². The number of H-pyrrole nitrogens is 1. The first-order chi connectivity index (χ1) is 13.2. The molecule has 1 amide bonds. The molecule has 1 saturated heterocycles. The van der Waals surface area contributed by atoms with Crippen LogP contribution in [0.25, 0.3) is 11.0 Å². The number of carbonyl (C=O) groups excluding carboxylic acids is 1. The first-order valence-corrected chi connectivity index (χ1v) is 9.39. The van der Waals surface area contributed by atoms with Gasteiger partial charge in [-0.1, -0.05) is 23.7 Å². The van der Waals surface area contributed by atoms with Gasteiger partial charge in [-0.25, -0.2) is 9.97 Å². The number of hydrogen-bond acceptors (Lipinski definition) is 5. The molecule has 0 saturated carbocycles. The third-order valence-corrected chi connectivity index (χ3v) is 5.10. The van der Waals surface area contributed by atoms with Gasteiger partial charge in [0.1, 0.15) is 17.8 Å². The molecular formula is C19H21ClN6O. The van der Waals surface area contributed by atoms with Crippen LogP contribution in [0, 0.1) is 0 Å². The highest BCUT2D eigenvalue weighted by Gasteiger charge is 2.24. The molecule has 1 aliphatic rings. The number of likely N-dealkylation sites (tertiary alicyclic amines) is 1. The van der Waals surface area contributed by atoms with Gasteiger partial charge in [0.25, 0.3) is 0 Å². The molecular weight excluding hydrogens is 364 g/mol. The summed E-state index contributed by atoms with van der Waals surface area (Å²) in [6.07, 6.45) is 5.34. The van der Waals surface area contributed by atoms with Crippen molar-refractivity contribution in [1.82, 2.24) is 19.9 Å². The number of para-hydroxylation sites is 1. The molecule has 3 heterocycles. The van der Waals surface area contributed by atoms with E-state index in [1.54, 1.807) is 12.4 Å². The van der Waals surface area contributed by atoms with E-state index < -0.39 is 0 Å². The predicted octanol–water partition coefficient (Wildman–Crippen LogP) is 3.13. The lowest BCUT2D eigenvalue weighted by atomic mass is 10.1. The van der Waals surface area contributed by atoms with E-state index in [1.807, 2.05) is 35.4 Å². The van der Waals surface area contributed by atoms with Crippen LogP contribution in [0.2, 0.25) is 5.02 Å². The lowest BCUT2D eigenvalue weighted by molar-refractivity contribution is -0.130. The average Bonchev–Trinajstić information content (AvgIpc) is 3.17. The van der Waals surface area contributed by atoms with Gasteiger partial charge in [0.2, 0.25) is 5.91 Å². The minimum atomic E-state index is 0.0656. The van der Waals surface area contributed by atoms with Crippen LogP contribution >= 0.6 is 11.6 Å². The van der Waals surface area contributed by atoms with Gasteiger partial charge in [0.05, 0.1) is 22.6 Å². The van der Waals surface area contributed by atoms with E-state index in [9.17, 15) is 4.79 Å². The van der Waals surface area contributed by atoms with Crippen molar-refractivity contribution in [3.8, 4) is 0 Å². The monoisotopic (exact) mass is 384 g/mol. The molecule has 2 aromatic heterocycles. The highest BCUT2D eigenvalue weighted by molar-refractivity contribution is 6.33. The fourth-order valence-corrected chi connectivity index (χ4v) is 3.59. The largest absolute Gasteiger partial charge is 0.375 e. The fraction of sp³-hybridized carbons (Fsp3) is 0.316. The summed E-state index contributed by atoms with van der Waals surface area (Å²) in [5, 5.41) is 8.17. The summed E-state index contributed by atoms with van der Waals surface area (Å²) in [7, 11) is 0. The summed E-state index contributed by atoms with van der Waals surface area (Å²) in [5.74, 6) is 0.866. The van der Waals surface area contributed by atoms with E-state index in [0.29, 0.717) is 11.6 Å². The van der Waals surface area contributed by atoms with Gasteiger partial charge in [0.15, 0.2) is 0 Å². The molecule has 4 rings (SSSR count). The topological polar surface area (TPSA) is 85.9 Å². The Morgan fingerprint density at radius 1 is 1.30 bits per heavy atom. The van der Waals surface area contributed by atoms with E-state index in [1.165, 1.54) is 0 Å². The minimum absolute atomic E-state index is 0.0656. The van der Waals surface area contributed by atoms with Crippen molar-refractivity contribution >= 4 is 40.0 Å². The van der Waals surface area contributed by atoms with Gasteiger partial charge in [-0.15, -0.1) is 0 Å². The fourth-order valence-electron chi connectivity index (χ4n) is 3.39. The van der Waals surface area contributed by atoms with Gasteiger partial charge < -0.3 is 20.5 Å². The SMILES string of the molecule is O=C(CNc1ccccc1Cl)N1CCC[C@H](Nc2ncnc3[nH]ccc23)C1. The van der Waals surface area contributed by atoms with Crippen LogP contribution in [-0.4, -0.2) is 51.4 Å². The molecule has 27 heavy (non-hydrogen) atoms. The zero-order valence-corrected chi connectivity index (χ0v) is 15.5. The smallest absolute Gasteiger partial charge is 0.241 e. The van der Waals surface area contributed by atoms with Crippen LogP contribution in [0.1, 0.15) is 12.8 Å². The normalized spacial score (nSPS) is 17.1. The number of aromatic amines is 1. The number of amides is 1. The number of nitrogens with zero attached hydrogens (tertiary/aromatic N) is 3. The summed E-state index contributed by atoms with van der Waals surface area (Å²) in [4.78, 5) is 26.2. The van der Waals surface area contributed by atoms with Crippen molar-refractivity contribution in [1.29, 1.82) is 0 Å². The lowest BCUT2D eigenvalue weighted by Gasteiger charge is -2.33. The van der Waals surface area contributed by atoms with Crippen molar-refractivity contribution in [2.45, 2.75) is 18.9 Å². The van der Waals surface area contributed by atoms with E-state index in [4.69, 9.17) is 11.6 Å². The highest BCUT2D eigenvalue weighted by atomic mass is 35.5. The first-order valence-electron chi connectivity index (χ1n) is 9.01. The molecule has 3 aromatic rings. The molecule has 7 nitrogen and oxygen atoms in total. The second-order valence-corrected chi connectivity index (χ2v) is 7.03. The Kier molecular flexibility index (Phi) is 5.11. The Bertz CT molecular complexity index is 943. The van der Waals surface area contributed by atoms with Crippen LogP contribution in [0.4, 0.5) is 11.5 Å². The Hall–Kier alpha value is -2.80. The number of carbonyl (C=O) groups is 1. The van der Waals surface area contributed by atoms with Crippen molar-refractivity contribution in [3.63, 3.8) is 0 Å². The average molecular weight is 385 g/mol. The van der Waals surface area contributed by atoms with E-state index >= 15 is 0 Å². The van der Waals surface area contributed by atoms with Crippen LogP contribution in [0.15, 0.2) is 42.9 Å². The Balaban J connectivity index is 1.37. The summed E-state index contributed by atoms with van der Waals surface area (Å²) < 4.78 is 0. The third-order valence-electron chi connectivity index (χ3n) is 4.77. The zero-order valence-electron chi connectivity index (χ0n) is 14.8. The van der Waals surface area contributed by atoms with E-state index in [0.717, 1.165) is 41.9 Å². The summed E-state index contributed by atoms with van der Waals surface area (Å²) in [5.41, 5.74) is 1.58. The Morgan fingerprint density at radius 2 is 2.19 bits per heavy atom. The van der Waals surface area contributed by atoms with E-state index in [2.05, 4.69) is 25.6 Å². The Labute approximate surface area is 162 Å². The number of anilines is 2. The molecule has 1 fully saturated rings. The molecule has 1 aromatic carbocycles. The summed E-state index contributed by atoms with van der Waals surface area (Å²) in [6.45, 7) is 1.65. The van der Waals surface area contributed by atoms with Crippen molar-refractivity contribution in [2.24, 2.45) is 0 Å². The predicted molar refractivity (Wildman–Crippen MR) is 107 cm³/mol. The standard InChI is InChI=1S/C19H21ClN6O/c20-15-5-1-2-6-16(15)22-10-17(27)26-9-3-4-13(11-26)25-19-14-7-8-21-18(14)23-12-24-19/h1-2,5-8,12-13,22H,3-4,9-11H2,(H2,21,23,24,25)/t13-/m0/s1. The molecule has 140 valence electrons. The van der Waals surface area contributed by atoms with Gasteiger partial charge in [-0.05, 0) is 31.0 Å².